The molecule has 0 saturated carbocycles. The fraction of sp³-hybridized carbons (Fsp3) is 0.429. The lowest BCUT2D eigenvalue weighted by molar-refractivity contribution is -0.145. The Morgan fingerprint density at radius 3 is 2.39 bits per heavy atom. The van der Waals surface area contributed by atoms with E-state index in [-0.39, 0.29) is 17.8 Å². The van der Waals surface area contributed by atoms with Crippen LogP contribution in [-0.4, -0.2) is 25.5 Å². The molecular weight excluding hydrogens is 230 g/mol. The van der Waals surface area contributed by atoms with Crippen molar-refractivity contribution in [3.8, 4) is 0 Å². The van der Waals surface area contributed by atoms with Gasteiger partial charge in [0.2, 0.25) is 5.91 Å². The van der Waals surface area contributed by atoms with Gasteiger partial charge in [-0.2, -0.15) is 0 Å². The van der Waals surface area contributed by atoms with E-state index in [1.165, 1.54) is 19.6 Å². The molecule has 4 heteroatoms. The zero-order valence-corrected chi connectivity index (χ0v) is 11.0. The van der Waals surface area contributed by atoms with Gasteiger partial charge in [0.1, 0.15) is 0 Å². The summed E-state index contributed by atoms with van der Waals surface area (Å²) in [5.74, 6) is -0.793. The number of amides is 1. The molecule has 0 aliphatic carbocycles. The van der Waals surface area contributed by atoms with E-state index in [1.807, 2.05) is 31.2 Å². The molecule has 0 heterocycles. The Kier molecular flexibility index (Phi) is 5.36. The van der Waals surface area contributed by atoms with Crippen LogP contribution in [0.1, 0.15) is 18.1 Å². The fourth-order valence-electron chi connectivity index (χ4n) is 1.68. The van der Waals surface area contributed by atoms with Crippen molar-refractivity contribution in [3.05, 3.63) is 35.4 Å². The number of carbonyl (C=O) groups excluding carboxylic acids is 2. The van der Waals surface area contributed by atoms with E-state index in [0.717, 1.165) is 5.56 Å². The van der Waals surface area contributed by atoms with Crippen LogP contribution in [0, 0.1) is 12.8 Å². The molecule has 1 rings (SSSR count). The van der Waals surface area contributed by atoms with Crippen molar-refractivity contribution in [2.75, 3.05) is 13.7 Å². The van der Waals surface area contributed by atoms with Crippen LogP contribution < -0.4 is 5.32 Å². The zero-order valence-electron chi connectivity index (χ0n) is 11.0. The van der Waals surface area contributed by atoms with Gasteiger partial charge in [0.05, 0.1) is 13.0 Å². The molecule has 0 radical (unpaired) electrons. The summed E-state index contributed by atoms with van der Waals surface area (Å²) in [6.07, 6.45) is 0.563. The van der Waals surface area contributed by atoms with Crippen molar-refractivity contribution in [1.82, 2.24) is 5.32 Å². The number of aryl methyl sites for hydroxylation is 1. The first-order valence-electron chi connectivity index (χ1n) is 5.90. The number of benzene rings is 1. The lowest BCUT2D eigenvalue weighted by Crippen LogP contribution is -2.33. The van der Waals surface area contributed by atoms with Gasteiger partial charge in [0.15, 0.2) is 0 Å². The molecule has 1 amide bonds. The maximum Gasteiger partial charge on any atom is 0.310 e. The Morgan fingerprint density at radius 1 is 1.28 bits per heavy atom. The Hall–Kier alpha value is -1.84. The molecule has 1 atom stereocenters. The minimum Gasteiger partial charge on any atom is -0.469 e. The predicted octanol–water partition coefficient (Wildman–Crippen LogP) is 1.46. The minimum atomic E-state index is -0.346. The average molecular weight is 249 g/mol. The van der Waals surface area contributed by atoms with Crippen LogP contribution in [0.2, 0.25) is 0 Å². The third kappa shape index (κ3) is 4.57. The van der Waals surface area contributed by atoms with Gasteiger partial charge in [-0.05, 0) is 18.9 Å². The van der Waals surface area contributed by atoms with Crippen molar-refractivity contribution in [2.45, 2.75) is 20.3 Å². The van der Waals surface area contributed by atoms with E-state index in [4.69, 9.17) is 4.74 Å². The maximum absolute atomic E-state index is 11.6. The summed E-state index contributed by atoms with van der Waals surface area (Å²) in [7, 11) is 1.36. The summed E-state index contributed by atoms with van der Waals surface area (Å²) in [5, 5.41) is 2.65. The quantitative estimate of drug-likeness (QED) is 0.804. The summed E-state index contributed by atoms with van der Waals surface area (Å²) in [4.78, 5) is 22.5. The number of nitrogens with one attached hydrogen (secondary N) is 1. The van der Waals surface area contributed by atoms with Gasteiger partial charge in [-0.3, -0.25) is 9.59 Å². The van der Waals surface area contributed by atoms with E-state index >= 15 is 0 Å². The van der Waals surface area contributed by atoms with E-state index in [0.29, 0.717) is 13.0 Å². The molecule has 4 nitrogen and oxygen atoms in total. The van der Waals surface area contributed by atoms with Crippen molar-refractivity contribution < 1.29 is 14.3 Å². The largest absolute Gasteiger partial charge is 0.469 e. The van der Waals surface area contributed by atoms with Crippen LogP contribution in [0.15, 0.2) is 24.3 Å². The highest BCUT2D eigenvalue weighted by Gasteiger charge is 2.19. The number of ether oxygens (including phenoxy) is 1. The van der Waals surface area contributed by atoms with E-state index in [2.05, 4.69) is 5.32 Å². The molecule has 0 aliphatic rings. The standard InChI is InChI=1S/C14H19NO3/c1-10-4-6-12(7-5-10)8-13(14(17)18-3)9-15-11(2)16/h4-7,13H,8-9H2,1-3H3,(H,15,16). The van der Waals surface area contributed by atoms with Crippen molar-refractivity contribution >= 4 is 11.9 Å². The second-order valence-corrected chi connectivity index (χ2v) is 4.35. The van der Waals surface area contributed by atoms with E-state index < -0.39 is 0 Å². The van der Waals surface area contributed by atoms with Crippen molar-refractivity contribution in [1.29, 1.82) is 0 Å². The van der Waals surface area contributed by atoms with Gasteiger partial charge >= 0.3 is 5.97 Å². The third-order valence-corrected chi connectivity index (χ3v) is 2.73. The molecule has 1 N–H and O–H groups in total. The molecule has 0 saturated heterocycles. The molecule has 18 heavy (non-hydrogen) atoms. The van der Waals surface area contributed by atoms with Gasteiger partial charge in [0.25, 0.3) is 0 Å². The van der Waals surface area contributed by atoms with Crippen LogP contribution in [0.25, 0.3) is 0 Å². The van der Waals surface area contributed by atoms with E-state index in [9.17, 15) is 9.59 Å². The first kappa shape index (κ1) is 14.2. The molecule has 0 aliphatic heterocycles. The smallest absolute Gasteiger partial charge is 0.310 e. The lowest BCUT2D eigenvalue weighted by atomic mass is 9.98. The fourth-order valence-corrected chi connectivity index (χ4v) is 1.68. The van der Waals surface area contributed by atoms with Gasteiger partial charge in [-0.15, -0.1) is 0 Å². The predicted molar refractivity (Wildman–Crippen MR) is 69.1 cm³/mol. The molecule has 98 valence electrons. The normalized spacial score (nSPS) is 11.7. The van der Waals surface area contributed by atoms with Crippen LogP contribution in [0.3, 0.4) is 0 Å². The van der Waals surface area contributed by atoms with E-state index in [1.54, 1.807) is 0 Å². The SMILES string of the molecule is COC(=O)C(CNC(C)=O)Cc1ccc(C)cc1. The molecule has 0 aromatic heterocycles. The second kappa shape index (κ2) is 6.79. The van der Waals surface area contributed by atoms with Gasteiger partial charge in [0, 0.05) is 13.5 Å². The number of methoxy groups -OCH3 is 1. The van der Waals surface area contributed by atoms with Gasteiger partial charge in [-0.1, -0.05) is 29.8 Å². The van der Waals surface area contributed by atoms with Gasteiger partial charge in [-0.25, -0.2) is 0 Å². The number of hydrogen-bond acceptors (Lipinski definition) is 3. The summed E-state index contributed by atoms with van der Waals surface area (Å²) < 4.78 is 4.75. The molecule has 0 spiro atoms. The monoisotopic (exact) mass is 249 g/mol. The van der Waals surface area contributed by atoms with Crippen LogP contribution in [-0.2, 0) is 20.7 Å². The minimum absolute atomic E-state index is 0.146. The molecule has 1 unspecified atom stereocenters. The summed E-state index contributed by atoms with van der Waals surface area (Å²) in [6.45, 7) is 3.75. The van der Waals surface area contributed by atoms with Crippen LogP contribution >= 0.6 is 0 Å². The lowest BCUT2D eigenvalue weighted by Gasteiger charge is -2.15. The first-order chi connectivity index (χ1) is 8.52. The molecule has 1 aromatic carbocycles. The molecule has 0 bridgehead atoms. The van der Waals surface area contributed by atoms with Crippen molar-refractivity contribution in [2.24, 2.45) is 5.92 Å². The Bertz CT molecular complexity index is 412. The number of rotatable bonds is 5. The van der Waals surface area contributed by atoms with Crippen LogP contribution in [0.5, 0.6) is 0 Å². The molecular formula is C14H19NO3. The highest BCUT2D eigenvalue weighted by molar-refractivity contribution is 5.76. The number of hydrogen-bond donors (Lipinski definition) is 1. The maximum atomic E-state index is 11.6. The highest BCUT2D eigenvalue weighted by atomic mass is 16.5. The summed E-state index contributed by atoms with van der Waals surface area (Å²) in [5.41, 5.74) is 2.23. The summed E-state index contributed by atoms with van der Waals surface area (Å²) in [6, 6.07) is 7.97. The second-order valence-electron chi connectivity index (χ2n) is 4.35. The number of carbonyl (C=O) groups is 2. The topological polar surface area (TPSA) is 55.4 Å². The zero-order chi connectivity index (χ0) is 13.5. The summed E-state index contributed by atoms with van der Waals surface area (Å²) >= 11 is 0. The average Bonchev–Trinajstić information content (AvgIpc) is 2.35. The third-order valence-electron chi connectivity index (χ3n) is 2.73. The Balaban J connectivity index is 2.68. The first-order valence-corrected chi connectivity index (χ1v) is 5.90. The Labute approximate surface area is 107 Å². The van der Waals surface area contributed by atoms with Crippen LogP contribution in [0.4, 0.5) is 0 Å². The highest BCUT2D eigenvalue weighted by Crippen LogP contribution is 2.11. The van der Waals surface area contributed by atoms with Crippen molar-refractivity contribution in [3.63, 3.8) is 0 Å². The molecule has 0 fully saturated rings. The number of esters is 1. The molecule has 1 aromatic rings. The Morgan fingerprint density at radius 2 is 1.89 bits per heavy atom. The van der Waals surface area contributed by atoms with Gasteiger partial charge < -0.3 is 10.1 Å².